The maximum absolute atomic E-state index is 13.2. The molecule has 0 saturated carbocycles. The predicted molar refractivity (Wildman–Crippen MR) is 130 cm³/mol. The molecule has 2 aliphatic rings. The smallest absolute Gasteiger partial charge is 0.256 e. The number of rotatable bonds is 4. The number of fused-ring (bicyclic) bond motifs is 4. The number of nitrogens with one attached hydrogen (secondary N) is 2. The van der Waals surface area contributed by atoms with E-state index in [-0.39, 0.29) is 12.1 Å². The number of hydrogen-bond acceptors (Lipinski definition) is 4. The topological polar surface area (TPSA) is 49.3 Å². The van der Waals surface area contributed by atoms with E-state index in [4.69, 9.17) is 0 Å². The summed E-state index contributed by atoms with van der Waals surface area (Å²) >= 11 is 1.75. The second-order valence-corrected chi connectivity index (χ2v) is 9.70. The van der Waals surface area contributed by atoms with Crippen molar-refractivity contribution in [3.05, 3.63) is 87.9 Å². The van der Waals surface area contributed by atoms with E-state index in [1.165, 1.54) is 26.9 Å². The molecule has 0 aliphatic carbocycles. The number of para-hydroxylation sites is 1. The van der Waals surface area contributed by atoms with Gasteiger partial charge in [0.2, 0.25) is 0 Å². The lowest BCUT2D eigenvalue weighted by atomic mass is 10.0. The molecule has 6 heteroatoms. The largest absolute Gasteiger partial charge is 0.353 e. The van der Waals surface area contributed by atoms with Crippen molar-refractivity contribution in [3.63, 3.8) is 0 Å². The number of anilines is 1. The van der Waals surface area contributed by atoms with Crippen LogP contribution in [0.5, 0.6) is 0 Å². The van der Waals surface area contributed by atoms with Gasteiger partial charge in [0.15, 0.2) is 0 Å². The molecular weight excluding hydrogens is 416 g/mol. The van der Waals surface area contributed by atoms with Gasteiger partial charge in [0.1, 0.15) is 11.2 Å². The van der Waals surface area contributed by atoms with Gasteiger partial charge >= 0.3 is 0 Å². The van der Waals surface area contributed by atoms with Gasteiger partial charge in [-0.2, -0.15) is 0 Å². The van der Waals surface area contributed by atoms with Crippen molar-refractivity contribution < 1.29 is 4.79 Å². The van der Waals surface area contributed by atoms with Crippen molar-refractivity contribution in [2.75, 3.05) is 18.4 Å². The lowest BCUT2D eigenvalue weighted by molar-refractivity contribution is 0.0935. The molecule has 32 heavy (non-hydrogen) atoms. The first-order valence-electron chi connectivity index (χ1n) is 11.3. The second kappa shape index (κ2) is 7.80. The SMILES string of the molecule is CCN1CCc2c(sc3c2C(=O)N[C@@H](c2cn(Cc4ccccc4)c4ccccc24)N3)C1. The summed E-state index contributed by atoms with van der Waals surface area (Å²) < 4.78 is 2.28. The minimum atomic E-state index is -0.237. The fraction of sp³-hybridized carbons (Fsp3) is 0.269. The average Bonchev–Trinajstić information content (AvgIpc) is 3.38. The van der Waals surface area contributed by atoms with Crippen molar-refractivity contribution in [3.8, 4) is 0 Å². The van der Waals surface area contributed by atoms with E-state index in [2.05, 4.69) is 81.8 Å². The number of carbonyl (C=O) groups excluding carboxylic acids is 1. The van der Waals surface area contributed by atoms with Crippen LogP contribution in [0.3, 0.4) is 0 Å². The van der Waals surface area contributed by atoms with Gasteiger partial charge in [-0.3, -0.25) is 9.69 Å². The third-order valence-electron chi connectivity index (χ3n) is 6.69. The molecular formula is C26H26N4OS. The molecule has 4 heterocycles. The minimum Gasteiger partial charge on any atom is -0.353 e. The van der Waals surface area contributed by atoms with Crippen LogP contribution in [0.1, 0.15) is 45.0 Å². The summed E-state index contributed by atoms with van der Waals surface area (Å²) in [6.45, 7) is 6.01. The van der Waals surface area contributed by atoms with Gasteiger partial charge in [-0.15, -0.1) is 11.3 Å². The summed E-state index contributed by atoms with van der Waals surface area (Å²) in [4.78, 5) is 17.0. The second-order valence-electron chi connectivity index (χ2n) is 8.59. The number of nitrogens with zero attached hydrogens (tertiary/aromatic N) is 2. The highest BCUT2D eigenvalue weighted by Crippen LogP contribution is 2.41. The standard InChI is InChI=1S/C26H26N4OS/c1-2-29-13-12-19-22(16-29)32-26-23(19)25(31)27-24(28-26)20-15-30(14-17-8-4-3-5-9-17)21-11-7-6-10-18(20)21/h3-11,15,24,28H,2,12-14,16H2,1H3,(H,27,31)/t24-/m1/s1. The third-order valence-corrected chi connectivity index (χ3v) is 7.84. The quantitative estimate of drug-likeness (QED) is 0.468. The van der Waals surface area contributed by atoms with E-state index < -0.39 is 0 Å². The highest BCUT2D eigenvalue weighted by Gasteiger charge is 2.34. The first-order chi connectivity index (χ1) is 15.7. The minimum absolute atomic E-state index is 0.0473. The lowest BCUT2D eigenvalue weighted by Crippen LogP contribution is -2.38. The van der Waals surface area contributed by atoms with E-state index in [1.54, 1.807) is 11.3 Å². The summed E-state index contributed by atoms with van der Waals surface area (Å²) in [6, 6.07) is 18.9. The number of amides is 1. The molecule has 162 valence electrons. The Balaban J connectivity index is 1.37. The summed E-state index contributed by atoms with van der Waals surface area (Å²) in [5, 5.41) is 9.09. The molecule has 5 nitrogen and oxygen atoms in total. The molecule has 0 saturated heterocycles. The monoisotopic (exact) mass is 442 g/mol. The van der Waals surface area contributed by atoms with Crippen LogP contribution >= 0.6 is 11.3 Å². The maximum atomic E-state index is 13.2. The first kappa shape index (κ1) is 19.6. The van der Waals surface area contributed by atoms with Crippen LogP contribution < -0.4 is 10.6 Å². The molecule has 1 atom stereocenters. The van der Waals surface area contributed by atoms with Crippen molar-refractivity contribution in [1.82, 2.24) is 14.8 Å². The number of aromatic nitrogens is 1. The molecule has 4 aromatic rings. The van der Waals surface area contributed by atoms with E-state index in [0.29, 0.717) is 0 Å². The van der Waals surface area contributed by atoms with Gasteiger partial charge in [0, 0.05) is 47.2 Å². The van der Waals surface area contributed by atoms with Gasteiger partial charge in [-0.05, 0) is 30.2 Å². The molecule has 0 bridgehead atoms. The fourth-order valence-electron chi connectivity index (χ4n) is 5.01. The van der Waals surface area contributed by atoms with E-state index in [9.17, 15) is 4.79 Å². The molecule has 0 spiro atoms. The zero-order valence-electron chi connectivity index (χ0n) is 18.1. The summed E-state index contributed by atoms with van der Waals surface area (Å²) in [5.41, 5.74) is 5.65. The van der Waals surface area contributed by atoms with Crippen molar-refractivity contribution in [2.45, 2.75) is 32.6 Å². The van der Waals surface area contributed by atoms with Gasteiger partial charge in [0.05, 0.1) is 5.56 Å². The highest BCUT2D eigenvalue weighted by molar-refractivity contribution is 7.16. The molecule has 2 aromatic heterocycles. The molecule has 0 radical (unpaired) electrons. The fourth-order valence-corrected chi connectivity index (χ4v) is 6.33. The lowest BCUT2D eigenvalue weighted by Gasteiger charge is -2.27. The Bertz CT molecular complexity index is 1310. The van der Waals surface area contributed by atoms with Crippen molar-refractivity contribution in [1.29, 1.82) is 0 Å². The molecule has 1 amide bonds. The Morgan fingerprint density at radius 3 is 2.72 bits per heavy atom. The molecule has 2 aliphatic heterocycles. The van der Waals surface area contributed by atoms with Crippen molar-refractivity contribution in [2.24, 2.45) is 0 Å². The van der Waals surface area contributed by atoms with Crippen LogP contribution in [0.4, 0.5) is 5.00 Å². The Kier molecular flexibility index (Phi) is 4.77. The maximum Gasteiger partial charge on any atom is 0.256 e. The Labute approximate surface area is 191 Å². The highest BCUT2D eigenvalue weighted by atomic mass is 32.1. The third kappa shape index (κ3) is 3.22. The normalized spacial score (nSPS) is 18.2. The summed E-state index contributed by atoms with van der Waals surface area (Å²) in [6.07, 6.45) is 2.90. The number of carbonyl (C=O) groups is 1. The Hall–Kier alpha value is -3.09. The predicted octanol–water partition coefficient (Wildman–Crippen LogP) is 4.98. The van der Waals surface area contributed by atoms with Gasteiger partial charge in [-0.25, -0.2) is 0 Å². The summed E-state index contributed by atoms with van der Waals surface area (Å²) in [7, 11) is 0. The van der Waals surface area contributed by atoms with E-state index in [0.717, 1.165) is 48.7 Å². The van der Waals surface area contributed by atoms with Crippen LogP contribution in [-0.2, 0) is 19.5 Å². The molecule has 2 N–H and O–H groups in total. The molecule has 2 aromatic carbocycles. The van der Waals surface area contributed by atoms with Gasteiger partial charge in [-0.1, -0.05) is 55.5 Å². The Morgan fingerprint density at radius 2 is 1.88 bits per heavy atom. The van der Waals surface area contributed by atoms with Gasteiger partial charge < -0.3 is 15.2 Å². The number of benzene rings is 2. The first-order valence-corrected chi connectivity index (χ1v) is 12.1. The zero-order chi connectivity index (χ0) is 21.7. The molecule has 0 unspecified atom stereocenters. The number of thiophene rings is 1. The van der Waals surface area contributed by atoms with E-state index >= 15 is 0 Å². The van der Waals surface area contributed by atoms with Crippen LogP contribution in [0.15, 0.2) is 60.8 Å². The van der Waals surface area contributed by atoms with Crippen molar-refractivity contribution >= 4 is 33.1 Å². The molecule has 6 rings (SSSR count). The number of hydrogen-bond donors (Lipinski definition) is 2. The van der Waals surface area contributed by atoms with Gasteiger partial charge in [0.25, 0.3) is 5.91 Å². The number of likely N-dealkylation sites (N-methyl/N-ethyl adjacent to an activating group) is 1. The Morgan fingerprint density at radius 1 is 1.06 bits per heavy atom. The molecule has 0 fully saturated rings. The van der Waals surface area contributed by atoms with Crippen LogP contribution in [0, 0.1) is 0 Å². The van der Waals surface area contributed by atoms with Crippen LogP contribution in [0.2, 0.25) is 0 Å². The zero-order valence-corrected chi connectivity index (χ0v) is 18.9. The summed E-state index contributed by atoms with van der Waals surface area (Å²) in [5.74, 6) is 0.0473. The average molecular weight is 443 g/mol. The van der Waals surface area contributed by atoms with Crippen LogP contribution in [0.25, 0.3) is 10.9 Å². The van der Waals surface area contributed by atoms with E-state index in [1.807, 2.05) is 6.07 Å². The van der Waals surface area contributed by atoms with Crippen LogP contribution in [-0.4, -0.2) is 28.5 Å².